The van der Waals surface area contributed by atoms with Crippen LogP contribution in [0.2, 0.25) is 0 Å². The summed E-state index contributed by atoms with van der Waals surface area (Å²) in [6, 6.07) is 12.1. The highest BCUT2D eigenvalue weighted by Gasteiger charge is 2.45. The minimum absolute atomic E-state index is 0.0391. The average Bonchev–Trinajstić information content (AvgIpc) is 3.84. The number of halogens is 1. The maximum absolute atomic E-state index is 16.9. The van der Waals surface area contributed by atoms with Crippen molar-refractivity contribution in [2.24, 2.45) is 5.41 Å². The number of carbonyl (C=O) groups excluding carboxylic acids is 1. The van der Waals surface area contributed by atoms with Gasteiger partial charge in [-0.3, -0.25) is 9.88 Å². The van der Waals surface area contributed by atoms with Gasteiger partial charge in [-0.15, -0.1) is 0 Å². The van der Waals surface area contributed by atoms with Crippen LogP contribution < -0.4 is 15.0 Å². The highest BCUT2D eigenvalue weighted by atomic mass is 19.1. The third kappa shape index (κ3) is 6.07. The van der Waals surface area contributed by atoms with E-state index in [4.69, 9.17) is 29.2 Å². The first-order chi connectivity index (χ1) is 22.9. The number of rotatable bonds is 5. The molecule has 1 saturated carbocycles. The number of aryl methyl sites for hydroxylation is 1. The molecule has 4 aromatic rings. The van der Waals surface area contributed by atoms with Crippen molar-refractivity contribution in [2.75, 3.05) is 64.1 Å². The Labute approximate surface area is 273 Å². The van der Waals surface area contributed by atoms with E-state index in [0.29, 0.717) is 49.3 Å². The molecule has 1 unspecified atom stereocenters. The van der Waals surface area contributed by atoms with Gasteiger partial charge in [-0.25, -0.2) is 9.18 Å². The van der Waals surface area contributed by atoms with Gasteiger partial charge >= 0.3 is 12.1 Å². The summed E-state index contributed by atoms with van der Waals surface area (Å²) in [4.78, 5) is 31.9. The van der Waals surface area contributed by atoms with E-state index in [1.54, 1.807) is 6.20 Å². The molecule has 1 aliphatic carbocycles. The van der Waals surface area contributed by atoms with E-state index in [1.165, 1.54) is 0 Å². The number of nitrogens with one attached hydrogen (secondary N) is 1. The summed E-state index contributed by atoms with van der Waals surface area (Å²) in [6.07, 6.45) is 6.31. The molecule has 10 nitrogen and oxygen atoms in total. The highest BCUT2D eigenvalue weighted by molar-refractivity contribution is 6.00. The first-order valence-corrected chi connectivity index (χ1v) is 16.9. The number of hydrogen-bond acceptors (Lipinski definition) is 9. The predicted octanol–water partition coefficient (Wildman–Crippen LogP) is 5.51. The first kappa shape index (κ1) is 30.3. The molecule has 6 heterocycles. The van der Waals surface area contributed by atoms with Gasteiger partial charge < -0.3 is 24.4 Å². The lowest BCUT2D eigenvalue weighted by molar-refractivity contribution is 0.0231. The summed E-state index contributed by atoms with van der Waals surface area (Å²) in [6.45, 7) is 8.22. The lowest BCUT2D eigenvalue weighted by Gasteiger charge is -2.41. The maximum atomic E-state index is 16.9. The Morgan fingerprint density at radius 3 is 2.68 bits per heavy atom. The van der Waals surface area contributed by atoms with Gasteiger partial charge in [0.25, 0.3) is 0 Å². The van der Waals surface area contributed by atoms with Crippen molar-refractivity contribution in [1.29, 1.82) is 0 Å². The molecule has 246 valence electrons. The number of hydrogen-bond donors (Lipinski definition) is 1. The van der Waals surface area contributed by atoms with E-state index in [2.05, 4.69) is 15.1 Å². The Balaban J connectivity index is 1.23. The third-order valence-corrected chi connectivity index (χ3v) is 10.2. The summed E-state index contributed by atoms with van der Waals surface area (Å²) in [5.74, 6) is 0.0680. The van der Waals surface area contributed by atoms with Crippen molar-refractivity contribution in [3.05, 3.63) is 54.0 Å². The van der Waals surface area contributed by atoms with Crippen molar-refractivity contribution in [3.8, 4) is 17.3 Å². The fraction of sp³-hybridized carbons (Fsp3) is 0.500. The largest absolute Gasteiger partial charge is 0.463 e. The van der Waals surface area contributed by atoms with Gasteiger partial charge in [-0.1, -0.05) is 36.4 Å². The standard InChI is InChI=1S/C36H41FN6O4/c1-35-11-5-14-43(21-35)32-27-20-38-30(26-10-3-8-24-6-2-7-25(28(24)26)9-4-17-46-34(44)41-35)29(37)31(27)39-33(40-32)47-23-36(12-13-36)22-42-15-18-45-19-16-42/h2-3,6-8,10,20H,4-5,9,11-19,21-23H2,1H3,(H,41,44). The normalized spacial score (nSPS) is 23.0. The number of aromatic nitrogens is 3. The van der Waals surface area contributed by atoms with Crippen molar-refractivity contribution < 1.29 is 23.4 Å². The van der Waals surface area contributed by atoms with Crippen LogP contribution in [0.1, 0.15) is 44.6 Å². The number of anilines is 1. The highest BCUT2D eigenvalue weighted by Crippen LogP contribution is 2.47. The molecule has 2 aromatic carbocycles. The lowest BCUT2D eigenvalue weighted by Crippen LogP contribution is -2.57. The van der Waals surface area contributed by atoms with Gasteiger partial charge in [0, 0.05) is 49.9 Å². The smallest absolute Gasteiger partial charge is 0.407 e. The Morgan fingerprint density at radius 1 is 1.02 bits per heavy atom. The molecule has 4 aliphatic heterocycles. The molecular formula is C36H41FN6O4. The molecule has 1 atom stereocenters. The summed E-state index contributed by atoms with van der Waals surface area (Å²) in [5.41, 5.74) is 1.66. The number of alkyl carbamates (subject to hydrolysis) is 1. The second-order valence-corrected chi connectivity index (χ2v) is 14.0. The Bertz CT molecular complexity index is 1820. The number of pyridine rings is 1. The van der Waals surface area contributed by atoms with E-state index >= 15 is 4.39 Å². The van der Waals surface area contributed by atoms with Crippen LogP contribution in [0.4, 0.5) is 15.0 Å². The molecule has 0 spiro atoms. The number of ether oxygens (including phenoxy) is 3. The van der Waals surface area contributed by atoms with Crippen LogP contribution >= 0.6 is 0 Å². The molecule has 2 saturated heterocycles. The monoisotopic (exact) mass is 640 g/mol. The van der Waals surface area contributed by atoms with Crippen LogP contribution in [0.15, 0.2) is 42.6 Å². The fourth-order valence-corrected chi connectivity index (χ4v) is 7.55. The van der Waals surface area contributed by atoms with Crippen molar-refractivity contribution >= 4 is 33.6 Å². The molecule has 0 radical (unpaired) electrons. The quantitative estimate of drug-likeness (QED) is 0.303. The lowest BCUT2D eigenvalue weighted by atomic mass is 9.91. The number of benzene rings is 2. The number of fused-ring (bicyclic) bond motifs is 6. The molecule has 5 aliphatic rings. The maximum Gasteiger partial charge on any atom is 0.407 e. The van der Waals surface area contributed by atoms with Gasteiger partial charge in [0.05, 0.1) is 37.4 Å². The van der Waals surface area contributed by atoms with Gasteiger partial charge in [0.15, 0.2) is 5.82 Å². The number of morpholine rings is 1. The Kier molecular flexibility index (Phi) is 7.84. The summed E-state index contributed by atoms with van der Waals surface area (Å²) < 4.78 is 34.5. The van der Waals surface area contributed by atoms with Gasteiger partial charge in [0.2, 0.25) is 0 Å². The third-order valence-electron chi connectivity index (χ3n) is 10.2. The molecule has 2 aromatic heterocycles. The van der Waals surface area contributed by atoms with E-state index in [0.717, 1.165) is 74.9 Å². The number of piperidine rings is 1. The van der Waals surface area contributed by atoms with E-state index in [1.807, 2.05) is 43.3 Å². The molecule has 1 N–H and O–H groups in total. The summed E-state index contributed by atoms with van der Waals surface area (Å²) >= 11 is 0. The van der Waals surface area contributed by atoms with Crippen LogP contribution in [-0.4, -0.2) is 90.6 Å². The molecule has 6 bridgehead atoms. The number of carbonyl (C=O) groups is 1. The van der Waals surface area contributed by atoms with Crippen LogP contribution in [-0.2, 0) is 15.9 Å². The van der Waals surface area contributed by atoms with Gasteiger partial charge in [0.1, 0.15) is 17.0 Å². The zero-order valence-electron chi connectivity index (χ0n) is 26.9. The van der Waals surface area contributed by atoms with Crippen LogP contribution in [0, 0.1) is 11.2 Å². The second kappa shape index (κ2) is 12.2. The van der Waals surface area contributed by atoms with Crippen molar-refractivity contribution in [1.82, 2.24) is 25.2 Å². The minimum atomic E-state index is -0.564. The first-order valence-electron chi connectivity index (χ1n) is 16.9. The number of nitrogens with zero attached hydrogens (tertiary/aromatic N) is 5. The van der Waals surface area contributed by atoms with Crippen molar-refractivity contribution in [3.63, 3.8) is 0 Å². The Hall–Kier alpha value is -4.09. The van der Waals surface area contributed by atoms with Crippen LogP contribution in [0.25, 0.3) is 32.9 Å². The topological polar surface area (TPSA) is 102 Å². The zero-order valence-corrected chi connectivity index (χ0v) is 26.9. The zero-order chi connectivity index (χ0) is 32.0. The van der Waals surface area contributed by atoms with Crippen LogP contribution in [0.3, 0.4) is 0 Å². The Morgan fingerprint density at radius 2 is 1.85 bits per heavy atom. The average molecular weight is 641 g/mol. The molecule has 11 heteroatoms. The summed E-state index contributed by atoms with van der Waals surface area (Å²) in [5, 5.41) is 5.57. The van der Waals surface area contributed by atoms with Crippen molar-refractivity contribution in [2.45, 2.75) is 51.0 Å². The summed E-state index contributed by atoms with van der Waals surface area (Å²) in [7, 11) is 0. The number of amides is 1. The fourth-order valence-electron chi connectivity index (χ4n) is 7.55. The second-order valence-electron chi connectivity index (χ2n) is 14.0. The molecule has 1 amide bonds. The van der Waals surface area contributed by atoms with Crippen LogP contribution in [0.5, 0.6) is 6.01 Å². The van der Waals surface area contributed by atoms with E-state index in [9.17, 15) is 4.79 Å². The van der Waals surface area contributed by atoms with Gasteiger partial charge in [-0.05, 0) is 61.8 Å². The molecule has 3 fully saturated rings. The molecule has 47 heavy (non-hydrogen) atoms. The van der Waals surface area contributed by atoms with E-state index in [-0.39, 0.29) is 29.2 Å². The van der Waals surface area contributed by atoms with E-state index < -0.39 is 17.4 Å². The SMILES string of the molecule is CC12CCCN(C1)c1nc(OCC3(CN4CCOCC4)CC3)nc3c(F)c(ncc13)-c1cccc3cccc(c13)CCCOC(=O)N2. The minimum Gasteiger partial charge on any atom is -0.463 e. The molecular weight excluding hydrogens is 599 g/mol. The van der Waals surface area contributed by atoms with Gasteiger partial charge in [-0.2, -0.15) is 9.97 Å². The molecule has 9 rings (SSSR count). The predicted molar refractivity (Wildman–Crippen MR) is 177 cm³/mol.